The lowest BCUT2D eigenvalue weighted by atomic mass is 10.1. The number of nitrogen functional groups attached to an aromatic ring is 1. The van der Waals surface area contributed by atoms with E-state index in [0.717, 1.165) is 56.5 Å². The van der Waals surface area contributed by atoms with Gasteiger partial charge in [-0.1, -0.05) is 51.0 Å². The Hall–Kier alpha value is -2.08. The van der Waals surface area contributed by atoms with Crippen LogP contribution in [-0.4, -0.2) is 35.5 Å². The summed E-state index contributed by atoms with van der Waals surface area (Å²) in [6.07, 6.45) is 5.14. The Bertz CT molecular complexity index is 661. The Balaban J connectivity index is 1.81. The molecule has 0 spiro atoms. The molecule has 1 heterocycles. The predicted octanol–water partition coefficient (Wildman–Crippen LogP) is 4.55. The molecule has 26 heavy (non-hydrogen) atoms. The van der Waals surface area contributed by atoms with Crippen LogP contribution in [0.4, 0.5) is 9.93 Å². The first-order chi connectivity index (χ1) is 12.6. The molecule has 0 radical (unpaired) electrons. The number of nitrogens with two attached hydrogens (primary N) is 1. The van der Waals surface area contributed by atoms with Gasteiger partial charge in [-0.3, -0.25) is 0 Å². The van der Waals surface area contributed by atoms with Gasteiger partial charge in [0.2, 0.25) is 0 Å². The summed E-state index contributed by atoms with van der Waals surface area (Å²) in [5.74, 6) is 0. The number of carbonyl (C=O) groups is 1. The Morgan fingerprint density at radius 3 is 2.35 bits per heavy atom. The normalized spacial score (nSPS) is 10.7. The van der Waals surface area contributed by atoms with Gasteiger partial charge in [-0.05, 0) is 24.8 Å². The monoisotopic (exact) mass is 374 g/mol. The topological polar surface area (TPSA) is 71.2 Å². The number of rotatable bonds is 10. The molecule has 142 valence electrons. The second-order valence-electron chi connectivity index (χ2n) is 6.44. The van der Waals surface area contributed by atoms with E-state index in [0.29, 0.717) is 11.7 Å². The summed E-state index contributed by atoms with van der Waals surface area (Å²) in [5, 5.41) is 5.61. The average Bonchev–Trinajstić information content (AvgIpc) is 3.08. The SMILES string of the molecule is CCCCN(CCCC)C(=O)NCCc1ccc(-c2csc(N)n2)cc1. The van der Waals surface area contributed by atoms with E-state index in [1.807, 2.05) is 10.3 Å². The molecule has 2 rings (SSSR count). The second-order valence-corrected chi connectivity index (χ2v) is 7.33. The number of thiazole rings is 1. The first kappa shape index (κ1) is 20.2. The van der Waals surface area contributed by atoms with Crippen molar-refractivity contribution in [2.45, 2.75) is 46.0 Å². The lowest BCUT2D eigenvalue weighted by Crippen LogP contribution is -2.41. The Kier molecular flexibility index (Phi) is 8.41. The molecule has 5 nitrogen and oxygen atoms in total. The number of nitrogens with one attached hydrogen (secondary N) is 1. The van der Waals surface area contributed by atoms with Gasteiger partial charge in [0.15, 0.2) is 5.13 Å². The van der Waals surface area contributed by atoms with Crippen molar-refractivity contribution in [2.75, 3.05) is 25.4 Å². The van der Waals surface area contributed by atoms with Crippen LogP contribution in [0.5, 0.6) is 0 Å². The number of urea groups is 1. The molecule has 0 aliphatic carbocycles. The van der Waals surface area contributed by atoms with Gasteiger partial charge in [-0.15, -0.1) is 11.3 Å². The molecule has 0 saturated heterocycles. The molecule has 0 fully saturated rings. The molecule has 1 aromatic heterocycles. The zero-order chi connectivity index (χ0) is 18.8. The van der Waals surface area contributed by atoms with Crippen molar-refractivity contribution in [1.82, 2.24) is 15.2 Å². The van der Waals surface area contributed by atoms with E-state index >= 15 is 0 Å². The third-order valence-electron chi connectivity index (χ3n) is 4.31. The first-order valence-corrected chi connectivity index (χ1v) is 10.3. The van der Waals surface area contributed by atoms with Crippen LogP contribution in [-0.2, 0) is 6.42 Å². The maximum Gasteiger partial charge on any atom is 0.317 e. The molecule has 0 bridgehead atoms. The van der Waals surface area contributed by atoms with Crippen LogP contribution in [0.15, 0.2) is 29.6 Å². The summed E-state index contributed by atoms with van der Waals surface area (Å²) < 4.78 is 0. The highest BCUT2D eigenvalue weighted by atomic mass is 32.1. The minimum Gasteiger partial charge on any atom is -0.375 e. The van der Waals surface area contributed by atoms with Gasteiger partial charge in [0.25, 0.3) is 0 Å². The van der Waals surface area contributed by atoms with Crippen molar-refractivity contribution >= 4 is 22.5 Å². The van der Waals surface area contributed by atoms with E-state index in [4.69, 9.17) is 5.73 Å². The van der Waals surface area contributed by atoms with E-state index in [9.17, 15) is 4.79 Å². The van der Waals surface area contributed by atoms with Crippen LogP contribution >= 0.6 is 11.3 Å². The van der Waals surface area contributed by atoms with Crippen molar-refractivity contribution in [3.63, 3.8) is 0 Å². The van der Waals surface area contributed by atoms with E-state index < -0.39 is 0 Å². The predicted molar refractivity (Wildman–Crippen MR) is 110 cm³/mol. The number of anilines is 1. The zero-order valence-corrected chi connectivity index (χ0v) is 16.6. The molecule has 6 heteroatoms. The Morgan fingerprint density at radius 2 is 1.81 bits per heavy atom. The van der Waals surface area contributed by atoms with Gasteiger partial charge in [-0.2, -0.15) is 0 Å². The molecule has 3 N–H and O–H groups in total. The number of unbranched alkanes of at least 4 members (excludes halogenated alkanes) is 2. The summed E-state index contributed by atoms with van der Waals surface area (Å²) in [5.41, 5.74) is 8.87. The van der Waals surface area contributed by atoms with Crippen LogP contribution < -0.4 is 11.1 Å². The molecular weight excluding hydrogens is 344 g/mol. The van der Waals surface area contributed by atoms with Gasteiger partial charge in [0.1, 0.15) is 0 Å². The molecule has 1 aromatic carbocycles. The third kappa shape index (κ3) is 6.33. The number of carbonyl (C=O) groups excluding carboxylic acids is 1. The van der Waals surface area contributed by atoms with Gasteiger partial charge >= 0.3 is 6.03 Å². The molecule has 0 aliphatic heterocycles. The minimum atomic E-state index is 0.0569. The fraction of sp³-hybridized carbons (Fsp3) is 0.500. The van der Waals surface area contributed by atoms with Crippen molar-refractivity contribution in [2.24, 2.45) is 0 Å². The maximum atomic E-state index is 12.4. The molecular formula is C20H30N4OS. The highest BCUT2D eigenvalue weighted by Gasteiger charge is 2.11. The lowest BCUT2D eigenvalue weighted by Gasteiger charge is -2.22. The summed E-state index contributed by atoms with van der Waals surface area (Å²) >= 11 is 1.45. The highest BCUT2D eigenvalue weighted by Crippen LogP contribution is 2.23. The van der Waals surface area contributed by atoms with Crippen LogP contribution in [0.25, 0.3) is 11.3 Å². The fourth-order valence-electron chi connectivity index (χ4n) is 2.70. The Labute approximate surface area is 160 Å². The van der Waals surface area contributed by atoms with Crippen LogP contribution in [0.2, 0.25) is 0 Å². The summed E-state index contributed by atoms with van der Waals surface area (Å²) in [7, 11) is 0. The lowest BCUT2D eigenvalue weighted by molar-refractivity contribution is 0.196. The van der Waals surface area contributed by atoms with Crippen molar-refractivity contribution in [3.8, 4) is 11.3 Å². The fourth-order valence-corrected chi connectivity index (χ4v) is 3.27. The van der Waals surface area contributed by atoms with Gasteiger partial charge < -0.3 is 16.0 Å². The summed E-state index contributed by atoms with van der Waals surface area (Å²) in [6.45, 7) is 6.64. The van der Waals surface area contributed by atoms with Crippen molar-refractivity contribution < 1.29 is 4.79 Å². The van der Waals surface area contributed by atoms with Crippen LogP contribution in [0.3, 0.4) is 0 Å². The van der Waals surface area contributed by atoms with E-state index in [1.165, 1.54) is 16.9 Å². The number of aromatic nitrogens is 1. The number of hydrogen-bond donors (Lipinski definition) is 2. The van der Waals surface area contributed by atoms with Crippen molar-refractivity contribution in [3.05, 3.63) is 35.2 Å². The van der Waals surface area contributed by atoms with Gasteiger partial charge in [-0.25, -0.2) is 9.78 Å². The average molecular weight is 375 g/mol. The van der Waals surface area contributed by atoms with E-state index in [-0.39, 0.29) is 6.03 Å². The van der Waals surface area contributed by atoms with E-state index in [2.05, 4.69) is 48.4 Å². The Morgan fingerprint density at radius 1 is 1.15 bits per heavy atom. The molecule has 2 aromatic rings. The standard InChI is InChI=1S/C20H30N4OS/c1-3-5-13-24(14-6-4-2)20(25)22-12-11-16-7-9-17(10-8-16)18-15-26-19(21)23-18/h7-10,15H,3-6,11-14H2,1-2H3,(H2,21,23)(H,22,25). The maximum absolute atomic E-state index is 12.4. The summed E-state index contributed by atoms with van der Waals surface area (Å²) in [6, 6.07) is 8.34. The minimum absolute atomic E-state index is 0.0569. The quantitative estimate of drug-likeness (QED) is 0.641. The van der Waals surface area contributed by atoms with Crippen LogP contribution in [0, 0.1) is 0 Å². The van der Waals surface area contributed by atoms with Crippen LogP contribution in [0.1, 0.15) is 45.1 Å². The first-order valence-electron chi connectivity index (χ1n) is 9.47. The highest BCUT2D eigenvalue weighted by molar-refractivity contribution is 7.13. The third-order valence-corrected chi connectivity index (χ3v) is 4.99. The second kappa shape index (κ2) is 10.8. The smallest absolute Gasteiger partial charge is 0.317 e. The van der Waals surface area contributed by atoms with E-state index in [1.54, 1.807) is 0 Å². The van der Waals surface area contributed by atoms with Crippen molar-refractivity contribution in [1.29, 1.82) is 0 Å². The molecule has 0 atom stereocenters. The molecule has 0 unspecified atom stereocenters. The summed E-state index contributed by atoms with van der Waals surface area (Å²) in [4.78, 5) is 18.6. The number of nitrogens with zero attached hydrogens (tertiary/aromatic N) is 2. The number of amides is 2. The molecule has 2 amide bonds. The number of hydrogen-bond acceptors (Lipinski definition) is 4. The largest absolute Gasteiger partial charge is 0.375 e. The molecule has 0 aliphatic rings. The van der Waals surface area contributed by atoms with Gasteiger partial charge in [0, 0.05) is 30.6 Å². The number of benzene rings is 1. The van der Waals surface area contributed by atoms with Gasteiger partial charge in [0.05, 0.1) is 5.69 Å². The molecule has 0 saturated carbocycles. The zero-order valence-electron chi connectivity index (χ0n) is 15.8.